The van der Waals surface area contributed by atoms with Crippen molar-refractivity contribution in [3.05, 3.63) is 53.1 Å². The number of likely N-dealkylation sites (N-methyl/N-ethyl adjacent to an activating group) is 1. The van der Waals surface area contributed by atoms with Crippen LogP contribution in [-0.2, 0) is 14.8 Å². The second kappa shape index (κ2) is 11.0. The van der Waals surface area contributed by atoms with E-state index in [0.717, 1.165) is 12.8 Å². The third kappa shape index (κ3) is 6.09. The molecular weight excluding hydrogens is 518 g/mol. The summed E-state index contributed by atoms with van der Waals surface area (Å²) in [4.78, 5) is 27.5. The average Bonchev–Trinajstić information content (AvgIpc) is 3.72. The minimum atomic E-state index is -3.82. The number of benzene rings is 2. The Morgan fingerprint density at radius 3 is 2.54 bits per heavy atom. The smallest absolute Gasteiger partial charge is 0.258 e. The lowest BCUT2D eigenvalue weighted by Crippen LogP contribution is -2.50. The second-order valence-corrected chi connectivity index (χ2v) is 12.3. The number of rotatable bonds is 8. The van der Waals surface area contributed by atoms with E-state index < -0.39 is 22.2 Å². The topological polar surface area (TPSA) is 116 Å². The molecule has 1 heterocycles. The molecule has 37 heavy (non-hydrogen) atoms. The number of aliphatic hydroxyl groups is 1. The Labute approximate surface area is 222 Å². The number of carbonyl (C=O) groups excluding carboxylic acids is 2. The summed E-state index contributed by atoms with van der Waals surface area (Å²) in [7, 11) is -2.34. The summed E-state index contributed by atoms with van der Waals surface area (Å²) < 4.78 is 33.9. The van der Waals surface area contributed by atoms with Crippen LogP contribution in [-0.4, -0.2) is 73.4 Å². The zero-order valence-corrected chi connectivity index (χ0v) is 22.6. The minimum Gasteiger partial charge on any atom is -0.488 e. The highest BCUT2D eigenvalue weighted by Crippen LogP contribution is 2.33. The molecule has 11 heteroatoms. The number of carbonyl (C=O) groups is 2. The van der Waals surface area contributed by atoms with Gasteiger partial charge in [-0.1, -0.05) is 18.5 Å². The van der Waals surface area contributed by atoms with Gasteiger partial charge in [0.05, 0.1) is 29.7 Å². The van der Waals surface area contributed by atoms with Crippen molar-refractivity contribution in [2.45, 2.75) is 43.7 Å². The van der Waals surface area contributed by atoms with Gasteiger partial charge >= 0.3 is 0 Å². The van der Waals surface area contributed by atoms with E-state index in [0.29, 0.717) is 16.5 Å². The van der Waals surface area contributed by atoms with Crippen molar-refractivity contribution in [2.24, 2.45) is 11.8 Å². The highest BCUT2D eigenvalue weighted by Gasteiger charge is 2.36. The summed E-state index contributed by atoms with van der Waals surface area (Å²) in [6, 6.07) is 10.3. The van der Waals surface area contributed by atoms with Crippen LogP contribution in [0.25, 0.3) is 0 Å². The zero-order valence-electron chi connectivity index (χ0n) is 21.1. The van der Waals surface area contributed by atoms with Gasteiger partial charge in [0.25, 0.3) is 5.91 Å². The first-order chi connectivity index (χ1) is 17.5. The lowest BCUT2D eigenvalue weighted by atomic mass is 9.99. The normalized spacial score (nSPS) is 21.0. The maximum atomic E-state index is 13.5. The van der Waals surface area contributed by atoms with Crippen LogP contribution in [0.4, 0.5) is 5.69 Å². The molecule has 1 aliphatic heterocycles. The third-order valence-electron chi connectivity index (χ3n) is 6.84. The number of nitrogens with one attached hydrogen (secondary N) is 1. The van der Waals surface area contributed by atoms with Gasteiger partial charge in [0, 0.05) is 36.1 Å². The standard InChI is InChI=1S/C26H32ClN3O6S/c1-16-13-30(17(2)15-31)26(33)22-12-20(28-25(32)18-4-5-18)8-11-23(22)36-24(16)14-29(3)37(34,35)21-9-6-19(27)7-10-21/h6-12,16-18,24,31H,4-5,13-15H2,1-3H3,(H,28,32)/t16-,17-,24-/m1/s1. The number of amides is 2. The van der Waals surface area contributed by atoms with Crippen LogP contribution in [0.1, 0.15) is 37.0 Å². The van der Waals surface area contributed by atoms with E-state index in [1.807, 2.05) is 6.92 Å². The molecule has 2 aromatic carbocycles. The highest BCUT2D eigenvalue weighted by molar-refractivity contribution is 7.89. The number of hydrogen-bond acceptors (Lipinski definition) is 6. The van der Waals surface area contributed by atoms with Crippen molar-refractivity contribution in [3.63, 3.8) is 0 Å². The van der Waals surface area contributed by atoms with Crippen LogP contribution < -0.4 is 10.1 Å². The molecule has 0 radical (unpaired) electrons. The van der Waals surface area contributed by atoms with Crippen LogP contribution in [0.5, 0.6) is 5.75 Å². The average molecular weight is 550 g/mol. The molecule has 0 bridgehead atoms. The number of halogens is 1. The van der Waals surface area contributed by atoms with Crippen LogP contribution in [0, 0.1) is 11.8 Å². The fraction of sp³-hybridized carbons (Fsp3) is 0.462. The third-order valence-corrected chi connectivity index (χ3v) is 8.93. The molecule has 3 atom stereocenters. The number of anilines is 1. The molecule has 0 aromatic heterocycles. The summed E-state index contributed by atoms with van der Waals surface area (Å²) in [6.07, 6.45) is 1.11. The van der Waals surface area contributed by atoms with Crippen molar-refractivity contribution in [1.29, 1.82) is 0 Å². The molecule has 1 aliphatic carbocycles. The molecule has 0 unspecified atom stereocenters. The first-order valence-electron chi connectivity index (χ1n) is 12.3. The Morgan fingerprint density at radius 1 is 1.24 bits per heavy atom. The first-order valence-corrected chi connectivity index (χ1v) is 14.1. The van der Waals surface area contributed by atoms with Gasteiger partial charge in [0.2, 0.25) is 15.9 Å². The quantitative estimate of drug-likeness (QED) is 0.522. The van der Waals surface area contributed by atoms with Gasteiger partial charge in [-0.2, -0.15) is 4.31 Å². The summed E-state index contributed by atoms with van der Waals surface area (Å²) in [5, 5.41) is 13.1. The molecule has 2 N–H and O–H groups in total. The van der Waals surface area contributed by atoms with Gasteiger partial charge in [-0.25, -0.2) is 8.42 Å². The summed E-state index contributed by atoms with van der Waals surface area (Å²) in [6.45, 7) is 3.67. The Bertz CT molecular complexity index is 1270. The lowest BCUT2D eigenvalue weighted by molar-refractivity contribution is -0.117. The molecular formula is C26H32ClN3O6S. The SMILES string of the molecule is C[C@@H]1CN([C@H](C)CO)C(=O)c2cc(NC(=O)C3CC3)ccc2O[C@@H]1CN(C)S(=O)(=O)c1ccc(Cl)cc1. The van der Waals surface area contributed by atoms with Gasteiger partial charge in [0.15, 0.2) is 0 Å². The predicted octanol–water partition coefficient (Wildman–Crippen LogP) is 3.23. The number of sulfonamides is 1. The van der Waals surface area contributed by atoms with Crippen LogP contribution in [0.15, 0.2) is 47.4 Å². The summed E-state index contributed by atoms with van der Waals surface area (Å²) >= 11 is 5.92. The largest absolute Gasteiger partial charge is 0.488 e. The monoisotopic (exact) mass is 549 g/mol. The van der Waals surface area contributed by atoms with E-state index in [2.05, 4.69) is 5.32 Å². The fourth-order valence-corrected chi connectivity index (χ4v) is 5.56. The van der Waals surface area contributed by atoms with Crippen LogP contribution in [0.3, 0.4) is 0 Å². The molecule has 2 aliphatic rings. The van der Waals surface area contributed by atoms with Crippen LogP contribution in [0.2, 0.25) is 5.02 Å². The van der Waals surface area contributed by atoms with Crippen molar-refractivity contribution in [1.82, 2.24) is 9.21 Å². The maximum Gasteiger partial charge on any atom is 0.258 e. The molecule has 2 amide bonds. The maximum absolute atomic E-state index is 13.5. The first kappa shape index (κ1) is 27.4. The molecule has 4 rings (SSSR count). The van der Waals surface area contributed by atoms with Gasteiger partial charge < -0.3 is 20.1 Å². The van der Waals surface area contributed by atoms with Crippen molar-refractivity contribution < 1.29 is 27.9 Å². The Kier molecular flexibility index (Phi) is 8.13. The number of hydrogen-bond donors (Lipinski definition) is 2. The Morgan fingerprint density at radius 2 is 1.92 bits per heavy atom. The second-order valence-electron chi connectivity index (χ2n) is 9.84. The molecule has 2 aromatic rings. The Balaban J connectivity index is 1.64. The lowest BCUT2D eigenvalue weighted by Gasteiger charge is -2.38. The van der Waals surface area contributed by atoms with E-state index >= 15 is 0 Å². The van der Waals surface area contributed by atoms with Crippen molar-refractivity contribution >= 4 is 39.1 Å². The van der Waals surface area contributed by atoms with E-state index in [9.17, 15) is 23.1 Å². The van der Waals surface area contributed by atoms with E-state index in [-0.39, 0.29) is 53.8 Å². The number of aliphatic hydroxyl groups excluding tert-OH is 1. The highest BCUT2D eigenvalue weighted by atomic mass is 35.5. The Hall–Kier alpha value is -2.66. The van der Waals surface area contributed by atoms with E-state index in [4.69, 9.17) is 16.3 Å². The van der Waals surface area contributed by atoms with Gasteiger partial charge in [-0.05, 0) is 62.2 Å². The van der Waals surface area contributed by atoms with Crippen LogP contribution >= 0.6 is 11.6 Å². The predicted molar refractivity (Wildman–Crippen MR) is 140 cm³/mol. The number of nitrogens with zero attached hydrogens (tertiary/aromatic N) is 2. The van der Waals surface area contributed by atoms with Crippen molar-refractivity contribution in [2.75, 3.05) is 32.1 Å². The number of fused-ring (bicyclic) bond motifs is 1. The van der Waals surface area contributed by atoms with Gasteiger partial charge in [0.1, 0.15) is 11.9 Å². The van der Waals surface area contributed by atoms with E-state index in [1.54, 1.807) is 30.0 Å². The molecule has 9 nitrogen and oxygen atoms in total. The molecule has 1 fully saturated rings. The molecule has 0 saturated heterocycles. The molecule has 1 saturated carbocycles. The number of ether oxygens (including phenoxy) is 1. The fourth-order valence-electron chi connectivity index (χ4n) is 4.25. The molecule has 0 spiro atoms. The minimum absolute atomic E-state index is 0.00299. The van der Waals surface area contributed by atoms with Gasteiger partial charge in [-0.15, -0.1) is 0 Å². The van der Waals surface area contributed by atoms with E-state index in [1.165, 1.54) is 35.6 Å². The van der Waals surface area contributed by atoms with Gasteiger partial charge in [-0.3, -0.25) is 9.59 Å². The zero-order chi connectivity index (χ0) is 26.9. The summed E-state index contributed by atoms with van der Waals surface area (Å²) in [5.74, 6) is -0.378. The summed E-state index contributed by atoms with van der Waals surface area (Å²) in [5.41, 5.74) is 0.728. The molecule has 200 valence electrons. The van der Waals surface area contributed by atoms with Crippen molar-refractivity contribution in [3.8, 4) is 5.75 Å².